The minimum absolute atomic E-state index is 0.0165. The molecule has 0 aliphatic carbocycles. The highest BCUT2D eigenvalue weighted by Gasteiger charge is 2.41. The van der Waals surface area contributed by atoms with Gasteiger partial charge in [-0.25, -0.2) is 9.40 Å². The topological polar surface area (TPSA) is 24.8 Å². The van der Waals surface area contributed by atoms with Gasteiger partial charge in [-0.15, -0.1) is 11.3 Å². The van der Waals surface area contributed by atoms with Gasteiger partial charge in [-0.05, 0) is 41.8 Å². The van der Waals surface area contributed by atoms with Gasteiger partial charge in [0.25, 0.3) is 0 Å². The monoisotopic (exact) mass is 384 g/mol. The molecule has 26 heavy (non-hydrogen) atoms. The molecule has 6 heteroatoms. The van der Waals surface area contributed by atoms with Crippen molar-refractivity contribution in [1.29, 1.82) is 0 Å². The van der Waals surface area contributed by atoms with Crippen LogP contribution in [-0.2, 0) is 0 Å². The quantitative estimate of drug-likeness (QED) is 0.559. The molecule has 5 rings (SSSR count). The molecule has 0 N–H and O–H groups in total. The average Bonchev–Trinajstić information content (AvgIpc) is 3.31. The van der Waals surface area contributed by atoms with Gasteiger partial charge in [0.2, 0.25) is 6.23 Å². The number of halogens is 2. The fraction of sp³-hybridized carbons (Fsp3) is 0.150. The Morgan fingerprint density at radius 1 is 1.15 bits per heavy atom. The van der Waals surface area contributed by atoms with E-state index in [1.807, 2.05) is 40.7 Å². The van der Waals surface area contributed by atoms with Gasteiger partial charge in [0.05, 0.1) is 16.6 Å². The smallest absolute Gasteiger partial charge is 0.213 e. The van der Waals surface area contributed by atoms with Gasteiger partial charge >= 0.3 is 0 Å². The van der Waals surface area contributed by atoms with E-state index in [2.05, 4.69) is 6.07 Å². The standard InChI is InChI=1S/C20H14ClFN2OS/c21-13-6-7-18-15(10-13)17-11-16(19-5-2-8-26-19)23-24(17)20(25-18)12-3-1-4-14(22)9-12/h1-10,17,20H,11H2/t17-,20-/m1/s1. The lowest BCUT2D eigenvalue weighted by molar-refractivity contribution is -0.0192. The van der Waals surface area contributed by atoms with Crippen LogP contribution in [0.5, 0.6) is 5.75 Å². The van der Waals surface area contributed by atoms with E-state index in [4.69, 9.17) is 21.4 Å². The van der Waals surface area contributed by atoms with Gasteiger partial charge < -0.3 is 4.74 Å². The Morgan fingerprint density at radius 2 is 2.08 bits per heavy atom. The molecule has 0 fully saturated rings. The molecule has 0 bridgehead atoms. The molecule has 2 aliphatic heterocycles. The minimum atomic E-state index is -0.471. The van der Waals surface area contributed by atoms with Crippen LogP contribution in [0.25, 0.3) is 0 Å². The summed E-state index contributed by atoms with van der Waals surface area (Å²) in [6, 6.07) is 16.2. The van der Waals surface area contributed by atoms with Crippen LogP contribution in [0.4, 0.5) is 4.39 Å². The first-order chi connectivity index (χ1) is 12.7. The molecule has 3 nitrogen and oxygen atoms in total. The van der Waals surface area contributed by atoms with Crippen LogP contribution in [-0.4, -0.2) is 10.7 Å². The molecule has 0 radical (unpaired) electrons. The Morgan fingerprint density at radius 3 is 2.88 bits per heavy atom. The van der Waals surface area contributed by atoms with E-state index in [1.165, 1.54) is 12.1 Å². The highest BCUT2D eigenvalue weighted by molar-refractivity contribution is 7.12. The van der Waals surface area contributed by atoms with Crippen LogP contribution >= 0.6 is 22.9 Å². The maximum absolute atomic E-state index is 13.8. The van der Waals surface area contributed by atoms with Crippen LogP contribution in [0.3, 0.4) is 0 Å². The summed E-state index contributed by atoms with van der Waals surface area (Å²) in [5.41, 5.74) is 2.77. The SMILES string of the molecule is Fc1cccc([C@H]2Oc3ccc(Cl)cc3[C@H]3CC(c4cccs4)=NN32)c1. The number of benzene rings is 2. The zero-order valence-electron chi connectivity index (χ0n) is 13.6. The molecule has 0 amide bonds. The third-order valence-corrected chi connectivity index (χ3v) is 5.85. The average molecular weight is 385 g/mol. The zero-order valence-corrected chi connectivity index (χ0v) is 15.2. The van der Waals surface area contributed by atoms with Crippen LogP contribution in [0.2, 0.25) is 5.02 Å². The van der Waals surface area contributed by atoms with E-state index in [0.717, 1.165) is 33.9 Å². The maximum atomic E-state index is 13.8. The highest BCUT2D eigenvalue weighted by atomic mass is 35.5. The van der Waals surface area contributed by atoms with Gasteiger partial charge in [-0.3, -0.25) is 0 Å². The molecular formula is C20H14ClFN2OS. The predicted molar refractivity (Wildman–Crippen MR) is 101 cm³/mol. The van der Waals surface area contributed by atoms with Crippen molar-refractivity contribution in [2.75, 3.05) is 0 Å². The Hall–Kier alpha value is -2.37. The molecule has 3 heterocycles. The summed E-state index contributed by atoms with van der Waals surface area (Å²) >= 11 is 7.88. The first-order valence-corrected chi connectivity index (χ1v) is 9.56. The van der Waals surface area contributed by atoms with E-state index in [-0.39, 0.29) is 11.9 Å². The number of fused-ring (bicyclic) bond motifs is 3. The molecule has 0 saturated carbocycles. The van der Waals surface area contributed by atoms with Crippen molar-refractivity contribution in [3.8, 4) is 5.75 Å². The molecule has 0 unspecified atom stereocenters. The second kappa shape index (κ2) is 6.11. The van der Waals surface area contributed by atoms with Crippen LogP contribution in [0.15, 0.2) is 65.1 Å². The van der Waals surface area contributed by atoms with Crippen LogP contribution < -0.4 is 4.74 Å². The molecule has 2 aliphatic rings. The summed E-state index contributed by atoms with van der Waals surface area (Å²) in [5.74, 6) is 0.485. The number of thiophene rings is 1. The number of nitrogens with zero attached hydrogens (tertiary/aromatic N) is 2. The van der Waals surface area contributed by atoms with Crippen molar-refractivity contribution in [3.05, 3.63) is 86.8 Å². The minimum Gasteiger partial charge on any atom is -0.464 e. The highest BCUT2D eigenvalue weighted by Crippen LogP contribution is 2.48. The molecule has 130 valence electrons. The second-order valence-corrected chi connectivity index (χ2v) is 7.72. The van der Waals surface area contributed by atoms with Gasteiger partial charge in [0.15, 0.2) is 0 Å². The zero-order chi connectivity index (χ0) is 17.7. The fourth-order valence-corrected chi connectivity index (χ4v) is 4.43. The number of ether oxygens (including phenoxy) is 1. The molecule has 2 atom stereocenters. The summed E-state index contributed by atoms with van der Waals surface area (Å²) in [6.07, 6.45) is 0.296. The van der Waals surface area contributed by atoms with Crippen molar-refractivity contribution < 1.29 is 9.13 Å². The predicted octanol–water partition coefficient (Wildman–Crippen LogP) is 5.78. The summed E-state index contributed by atoms with van der Waals surface area (Å²) < 4.78 is 20.0. The molecule has 0 spiro atoms. The number of hydrogen-bond acceptors (Lipinski definition) is 4. The first-order valence-electron chi connectivity index (χ1n) is 8.30. The molecule has 1 aromatic heterocycles. The van der Waals surface area contributed by atoms with Crippen molar-refractivity contribution >= 4 is 28.6 Å². The maximum Gasteiger partial charge on any atom is 0.213 e. The van der Waals surface area contributed by atoms with E-state index in [1.54, 1.807) is 17.4 Å². The number of hydrazone groups is 1. The Bertz CT molecular complexity index is 1000. The summed E-state index contributed by atoms with van der Waals surface area (Å²) in [5, 5.41) is 9.48. The second-order valence-electron chi connectivity index (χ2n) is 6.33. The lowest BCUT2D eigenvalue weighted by Crippen LogP contribution is -2.33. The van der Waals surface area contributed by atoms with Crippen molar-refractivity contribution in [1.82, 2.24) is 5.01 Å². The van der Waals surface area contributed by atoms with Gasteiger partial charge in [0, 0.05) is 22.6 Å². The van der Waals surface area contributed by atoms with E-state index in [9.17, 15) is 4.39 Å². The van der Waals surface area contributed by atoms with E-state index in [0.29, 0.717) is 5.02 Å². The molecule has 2 aromatic carbocycles. The van der Waals surface area contributed by atoms with E-state index >= 15 is 0 Å². The fourth-order valence-electron chi connectivity index (χ4n) is 3.53. The summed E-state index contributed by atoms with van der Waals surface area (Å²) in [6.45, 7) is 0. The number of rotatable bonds is 2. The Balaban J connectivity index is 1.63. The van der Waals surface area contributed by atoms with Gasteiger partial charge in [-0.2, -0.15) is 5.10 Å². The summed E-state index contributed by atoms with van der Waals surface area (Å²) in [4.78, 5) is 1.14. The Kier molecular flexibility index (Phi) is 3.72. The summed E-state index contributed by atoms with van der Waals surface area (Å²) in [7, 11) is 0. The third kappa shape index (κ3) is 2.59. The molecule has 0 saturated heterocycles. The van der Waals surface area contributed by atoms with Crippen molar-refractivity contribution in [2.45, 2.75) is 18.7 Å². The van der Waals surface area contributed by atoms with Gasteiger partial charge in [-0.1, -0.05) is 29.8 Å². The van der Waals surface area contributed by atoms with Crippen LogP contribution in [0.1, 0.15) is 34.7 Å². The normalized spacial score (nSPS) is 21.0. The van der Waals surface area contributed by atoms with E-state index < -0.39 is 6.23 Å². The molecular weight excluding hydrogens is 371 g/mol. The Labute approximate surface area is 159 Å². The van der Waals surface area contributed by atoms with Gasteiger partial charge in [0.1, 0.15) is 11.6 Å². The largest absolute Gasteiger partial charge is 0.464 e. The third-order valence-electron chi connectivity index (χ3n) is 4.69. The lowest BCUT2D eigenvalue weighted by Gasteiger charge is -2.38. The number of hydrogen-bond donors (Lipinski definition) is 0. The lowest BCUT2D eigenvalue weighted by atomic mass is 9.97. The molecule has 3 aromatic rings. The first kappa shape index (κ1) is 15.9. The van der Waals surface area contributed by atoms with Crippen LogP contribution in [0, 0.1) is 5.82 Å². The van der Waals surface area contributed by atoms with Crippen molar-refractivity contribution in [2.24, 2.45) is 5.10 Å². The van der Waals surface area contributed by atoms with Crippen molar-refractivity contribution in [3.63, 3.8) is 0 Å².